The Labute approximate surface area is 192 Å². The maximum absolute atomic E-state index is 12.5. The molecule has 2 aromatic heterocycles. The first kappa shape index (κ1) is 20.8. The summed E-state index contributed by atoms with van der Waals surface area (Å²) in [5, 5.41) is 3.92. The van der Waals surface area contributed by atoms with E-state index in [0.29, 0.717) is 13.2 Å². The van der Waals surface area contributed by atoms with Gasteiger partial charge >= 0.3 is 0 Å². The number of ether oxygens (including phenoxy) is 1. The highest BCUT2D eigenvalue weighted by molar-refractivity contribution is 7.17. The zero-order valence-corrected chi connectivity index (χ0v) is 19.4. The lowest BCUT2D eigenvalue weighted by Gasteiger charge is -2.30. The molecule has 1 N–H and O–H groups in total. The Balaban J connectivity index is 1.36. The molecule has 3 aromatic rings. The van der Waals surface area contributed by atoms with Crippen LogP contribution in [0.3, 0.4) is 0 Å². The molecule has 0 atom stereocenters. The van der Waals surface area contributed by atoms with Crippen LogP contribution in [-0.2, 0) is 12.8 Å². The molecule has 166 valence electrons. The van der Waals surface area contributed by atoms with Crippen molar-refractivity contribution in [1.29, 1.82) is 0 Å². The molecule has 1 aromatic carbocycles. The lowest BCUT2D eigenvalue weighted by Crippen LogP contribution is -2.48. The van der Waals surface area contributed by atoms with Crippen molar-refractivity contribution in [1.82, 2.24) is 15.3 Å². The molecule has 0 saturated carbocycles. The number of pyridine rings is 1. The van der Waals surface area contributed by atoms with Crippen LogP contribution < -0.4 is 19.9 Å². The molecule has 0 radical (unpaired) electrons. The minimum atomic E-state index is -0.271. The second kappa shape index (κ2) is 8.09. The molecule has 32 heavy (non-hydrogen) atoms. The summed E-state index contributed by atoms with van der Waals surface area (Å²) in [4.78, 5) is 26.9. The smallest absolute Gasteiger partial charge is 0.263 e. The molecular weight excluding hydrogens is 422 g/mol. The van der Waals surface area contributed by atoms with E-state index in [1.54, 1.807) is 0 Å². The van der Waals surface area contributed by atoms with Crippen LogP contribution in [0.4, 0.5) is 16.5 Å². The van der Waals surface area contributed by atoms with Crippen LogP contribution in [0.2, 0.25) is 0 Å². The van der Waals surface area contributed by atoms with Crippen molar-refractivity contribution in [3.05, 3.63) is 58.9 Å². The van der Waals surface area contributed by atoms with E-state index in [1.807, 2.05) is 32.2 Å². The minimum absolute atomic E-state index is 0.0293. The summed E-state index contributed by atoms with van der Waals surface area (Å²) in [5.41, 5.74) is 3.79. The van der Waals surface area contributed by atoms with Gasteiger partial charge in [-0.3, -0.25) is 9.78 Å². The summed E-state index contributed by atoms with van der Waals surface area (Å²) >= 11 is 1.46. The molecule has 4 heterocycles. The highest BCUT2D eigenvalue weighted by Gasteiger charge is 2.34. The maximum Gasteiger partial charge on any atom is 0.263 e. The third kappa shape index (κ3) is 4.02. The van der Waals surface area contributed by atoms with Crippen LogP contribution in [0.5, 0.6) is 5.75 Å². The second-order valence-electron chi connectivity index (χ2n) is 8.93. The van der Waals surface area contributed by atoms with E-state index in [4.69, 9.17) is 9.72 Å². The number of rotatable bonds is 5. The fourth-order valence-corrected chi connectivity index (χ4v) is 5.20. The molecule has 0 bridgehead atoms. The average molecular weight is 450 g/mol. The van der Waals surface area contributed by atoms with Gasteiger partial charge in [0, 0.05) is 55.6 Å². The van der Waals surface area contributed by atoms with Gasteiger partial charge in [-0.25, -0.2) is 4.98 Å². The molecule has 5 rings (SSSR count). The summed E-state index contributed by atoms with van der Waals surface area (Å²) in [6.07, 6.45) is 3.45. The quantitative estimate of drug-likeness (QED) is 0.639. The molecule has 0 saturated heterocycles. The van der Waals surface area contributed by atoms with Gasteiger partial charge in [-0.2, -0.15) is 0 Å². The minimum Gasteiger partial charge on any atom is -0.489 e. The van der Waals surface area contributed by atoms with E-state index < -0.39 is 0 Å². The third-order valence-corrected chi connectivity index (χ3v) is 6.98. The Morgan fingerprint density at radius 2 is 2.16 bits per heavy atom. The Morgan fingerprint density at radius 1 is 1.28 bits per heavy atom. The molecule has 0 fully saturated rings. The molecule has 8 heteroatoms. The molecule has 1 amide bonds. The highest BCUT2D eigenvalue weighted by atomic mass is 32.1. The summed E-state index contributed by atoms with van der Waals surface area (Å²) in [7, 11) is 2.08. The van der Waals surface area contributed by atoms with Crippen molar-refractivity contribution < 1.29 is 9.53 Å². The van der Waals surface area contributed by atoms with Gasteiger partial charge in [-0.05, 0) is 38.1 Å². The van der Waals surface area contributed by atoms with Gasteiger partial charge in [0.15, 0.2) is 5.13 Å². The monoisotopic (exact) mass is 449 g/mol. The Hall–Kier alpha value is -3.13. The van der Waals surface area contributed by atoms with Crippen LogP contribution in [0, 0.1) is 0 Å². The van der Waals surface area contributed by atoms with Crippen molar-refractivity contribution in [2.24, 2.45) is 0 Å². The predicted octanol–water partition coefficient (Wildman–Crippen LogP) is 3.81. The normalized spacial score (nSPS) is 16.6. The van der Waals surface area contributed by atoms with Gasteiger partial charge in [-0.15, -0.1) is 0 Å². The lowest BCUT2D eigenvalue weighted by molar-refractivity contribution is 0.0901. The number of aromatic nitrogens is 2. The number of nitrogens with zero attached hydrogens (tertiary/aromatic N) is 4. The number of carbonyl (C=O) groups is 1. The number of hydrogen-bond acceptors (Lipinski definition) is 7. The van der Waals surface area contributed by atoms with Gasteiger partial charge in [0.2, 0.25) is 0 Å². The van der Waals surface area contributed by atoms with Gasteiger partial charge < -0.3 is 19.9 Å². The fourth-order valence-electron chi connectivity index (χ4n) is 4.18. The fraction of sp³-hybridized carbons (Fsp3) is 0.375. The van der Waals surface area contributed by atoms with Crippen molar-refractivity contribution >= 4 is 33.8 Å². The topological polar surface area (TPSA) is 70.6 Å². The predicted molar refractivity (Wildman–Crippen MR) is 128 cm³/mol. The van der Waals surface area contributed by atoms with E-state index in [-0.39, 0.29) is 11.4 Å². The molecule has 2 aliphatic rings. The van der Waals surface area contributed by atoms with Crippen LogP contribution in [0.15, 0.2) is 42.6 Å². The van der Waals surface area contributed by atoms with E-state index in [0.717, 1.165) is 57.9 Å². The number of nitrogens with one attached hydrogen (secondary N) is 1. The van der Waals surface area contributed by atoms with Gasteiger partial charge in [0.05, 0.1) is 17.9 Å². The lowest BCUT2D eigenvalue weighted by atomic mass is 9.94. The average Bonchev–Trinajstić information content (AvgIpc) is 3.20. The number of anilines is 3. The SMILES string of the molecule is CN(CCc1ccccn1)c1ccc2c(c1)OCCN2c1nc2c(s1)C(=O)NC(C)(C)C2. The number of amides is 1. The van der Waals surface area contributed by atoms with E-state index >= 15 is 0 Å². The van der Waals surface area contributed by atoms with Crippen molar-refractivity contribution in [2.75, 3.05) is 36.5 Å². The van der Waals surface area contributed by atoms with Gasteiger partial charge in [-0.1, -0.05) is 17.4 Å². The molecule has 7 nitrogen and oxygen atoms in total. The second-order valence-corrected chi connectivity index (χ2v) is 9.91. The van der Waals surface area contributed by atoms with Crippen molar-refractivity contribution in [2.45, 2.75) is 32.2 Å². The number of carbonyl (C=O) groups excluding carboxylic acids is 1. The summed E-state index contributed by atoms with van der Waals surface area (Å²) in [5.74, 6) is 0.815. The first-order valence-electron chi connectivity index (χ1n) is 10.9. The van der Waals surface area contributed by atoms with Crippen LogP contribution in [0.25, 0.3) is 0 Å². The first-order chi connectivity index (χ1) is 15.4. The Bertz CT molecular complexity index is 1140. The van der Waals surface area contributed by atoms with Crippen LogP contribution in [-0.4, -0.2) is 48.2 Å². The zero-order valence-electron chi connectivity index (χ0n) is 18.6. The summed E-state index contributed by atoms with van der Waals surface area (Å²) < 4.78 is 6.00. The maximum atomic E-state index is 12.5. The number of fused-ring (bicyclic) bond motifs is 2. The molecule has 2 aliphatic heterocycles. The molecule has 0 aliphatic carbocycles. The highest BCUT2D eigenvalue weighted by Crippen LogP contribution is 2.42. The number of likely N-dealkylation sites (N-methyl/N-ethyl adjacent to an activating group) is 1. The molecular formula is C24H27N5O2S. The number of hydrogen-bond donors (Lipinski definition) is 1. The van der Waals surface area contributed by atoms with Gasteiger partial charge in [0.25, 0.3) is 5.91 Å². The Kier molecular flexibility index (Phi) is 5.25. The summed E-state index contributed by atoms with van der Waals surface area (Å²) in [6, 6.07) is 12.3. The Morgan fingerprint density at radius 3 is 2.97 bits per heavy atom. The van der Waals surface area contributed by atoms with E-state index in [2.05, 4.69) is 51.4 Å². The molecule has 0 unspecified atom stereocenters. The van der Waals surface area contributed by atoms with E-state index in [9.17, 15) is 4.79 Å². The largest absolute Gasteiger partial charge is 0.489 e. The first-order valence-corrected chi connectivity index (χ1v) is 11.7. The zero-order chi connectivity index (χ0) is 22.3. The van der Waals surface area contributed by atoms with Crippen LogP contribution >= 0.6 is 11.3 Å². The number of thiazole rings is 1. The van der Waals surface area contributed by atoms with Crippen molar-refractivity contribution in [3.63, 3.8) is 0 Å². The molecule has 0 spiro atoms. The van der Waals surface area contributed by atoms with Crippen molar-refractivity contribution in [3.8, 4) is 5.75 Å². The third-order valence-electron chi connectivity index (χ3n) is 5.86. The van der Waals surface area contributed by atoms with E-state index in [1.165, 1.54) is 11.3 Å². The number of benzene rings is 1. The standard InChI is InChI=1S/C24H27N5O2S/c1-24(2)15-18-21(22(30)27-24)32-23(26-18)29-12-13-31-20-14-17(7-8-19(20)29)28(3)11-9-16-6-4-5-10-25-16/h4-8,10,14H,9,11-13,15H2,1-3H3,(H,27,30). The van der Waals surface area contributed by atoms with Gasteiger partial charge in [0.1, 0.15) is 17.2 Å². The summed E-state index contributed by atoms with van der Waals surface area (Å²) in [6.45, 7) is 6.21. The van der Waals surface area contributed by atoms with Crippen LogP contribution in [0.1, 0.15) is 34.9 Å².